The van der Waals surface area contributed by atoms with E-state index in [9.17, 15) is 4.79 Å². The van der Waals surface area contributed by atoms with Crippen molar-refractivity contribution in [2.24, 2.45) is 0 Å². The maximum atomic E-state index is 13.5. The molecular formula is C26H21N5O3S. The van der Waals surface area contributed by atoms with Gasteiger partial charge in [0, 0.05) is 17.3 Å². The number of carbonyl (C=O) groups is 1. The van der Waals surface area contributed by atoms with Gasteiger partial charge >= 0.3 is 0 Å². The fourth-order valence-electron chi connectivity index (χ4n) is 3.59. The van der Waals surface area contributed by atoms with Crippen LogP contribution in [-0.4, -0.2) is 40.1 Å². The first-order valence-electron chi connectivity index (χ1n) is 10.7. The van der Waals surface area contributed by atoms with Gasteiger partial charge in [-0.3, -0.25) is 10.1 Å². The van der Waals surface area contributed by atoms with E-state index >= 15 is 0 Å². The van der Waals surface area contributed by atoms with E-state index in [1.165, 1.54) is 11.3 Å². The minimum Gasteiger partial charge on any atom is -0.497 e. The number of aromatic nitrogens is 4. The average molecular weight is 484 g/mol. The second kappa shape index (κ2) is 9.78. The quantitative estimate of drug-likeness (QED) is 0.337. The van der Waals surface area contributed by atoms with E-state index in [-0.39, 0.29) is 5.91 Å². The molecule has 9 heteroatoms. The molecule has 0 fully saturated rings. The second-order valence-electron chi connectivity index (χ2n) is 7.47. The number of methoxy groups -OCH3 is 2. The number of amides is 1. The molecule has 2 heterocycles. The molecule has 8 nitrogen and oxygen atoms in total. The molecule has 0 aliphatic carbocycles. The summed E-state index contributed by atoms with van der Waals surface area (Å²) in [5.41, 5.74) is 3.20. The van der Waals surface area contributed by atoms with Crippen molar-refractivity contribution < 1.29 is 14.3 Å². The lowest BCUT2D eigenvalue weighted by Crippen LogP contribution is -2.12. The molecular weight excluding hydrogens is 462 g/mol. The molecule has 35 heavy (non-hydrogen) atoms. The zero-order valence-corrected chi connectivity index (χ0v) is 19.8. The summed E-state index contributed by atoms with van der Waals surface area (Å²) in [7, 11) is 3.16. The summed E-state index contributed by atoms with van der Waals surface area (Å²) in [6, 6.07) is 24.6. The number of nitrogens with zero attached hydrogens (tertiary/aromatic N) is 4. The first kappa shape index (κ1) is 22.3. The van der Waals surface area contributed by atoms with Gasteiger partial charge in [-0.15, -0.1) is 10.2 Å². The predicted octanol–water partition coefficient (Wildman–Crippen LogP) is 5.33. The van der Waals surface area contributed by atoms with Crippen LogP contribution >= 0.6 is 11.3 Å². The van der Waals surface area contributed by atoms with Crippen LogP contribution in [0.15, 0.2) is 85.1 Å². The van der Waals surface area contributed by atoms with E-state index in [2.05, 4.69) is 15.5 Å². The van der Waals surface area contributed by atoms with Crippen LogP contribution in [0.4, 0.5) is 5.13 Å². The Morgan fingerprint density at radius 2 is 1.66 bits per heavy atom. The number of para-hydroxylation sites is 1. The molecule has 174 valence electrons. The largest absolute Gasteiger partial charge is 0.497 e. The Labute approximate surface area is 205 Å². The third kappa shape index (κ3) is 4.62. The Morgan fingerprint density at radius 1 is 0.914 bits per heavy atom. The molecule has 0 bridgehead atoms. The summed E-state index contributed by atoms with van der Waals surface area (Å²) in [5, 5.41) is 17.1. The SMILES string of the molecule is COc1ccc(OC)c(-c2nn(-c3ccccc3)cc2C(=O)Nc2nnc(-c3ccccc3)s2)c1. The highest BCUT2D eigenvalue weighted by atomic mass is 32.1. The van der Waals surface area contributed by atoms with Crippen LogP contribution in [0.5, 0.6) is 11.5 Å². The number of anilines is 1. The van der Waals surface area contributed by atoms with Gasteiger partial charge in [-0.1, -0.05) is 59.9 Å². The fraction of sp³-hybridized carbons (Fsp3) is 0.0769. The van der Waals surface area contributed by atoms with E-state index in [0.717, 1.165) is 16.3 Å². The molecule has 3 aromatic carbocycles. The maximum absolute atomic E-state index is 13.5. The van der Waals surface area contributed by atoms with Gasteiger partial charge in [-0.2, -0.15) is 5.10 Å². The van der Waals surface area contributed by atoms with Crippen LogP contribution < -0.4 is 14.8 Å². The Bertz CT molecular complexity index is 1470. The van der Waals surface area contributed by atoms with Gasteiger partial charge in [-0.25, -0.2) is 4.68 Å². The molecule has 0 saturated heterocycles. The van der Waals surface area contributed by atoms with Crippen LogP contribution in [0.3, 0.4) is 0 Å². The zero-order chi connectivity index (χ0) is 24.2. The maximum Gasteiger partial charge on any atom is 0.261 e. The molecule has 0 aliphatic rings. The molecule has 5 rings (SSSR count). The van der Waals surface area contributed by atoms with E-state index in [4.69, 9.17) is 14.6 Å². The number of ether oxygens (including phenoxy) is 2. The lowest BCUT2D eigenvalue weighted by atomic mass is 10.1. The Hall–Kier alpha value is -4.50. The van der Waals surface area contributed by atoms with Gasteiger partial charge in [0.2, 0.25) is 5.13 Å². The van der Waals surface area contributed by atoms with Crippen molar-refractivity contribution in [3.8, 4) is 39.0 Å². The predicted molar refractivity (Wildman–Crippen MR) is 135 cm³/mol. The van der Waals surface area contributed by atoms with Crippen molar-refractivity contribution in [2.45, 2.75) is 0 Å². The molecule has 0 saturated carbocycles. The molecule has 0 atom stereocenters. The molecule has 0 unspecified atom stereocenters. The molecule has 1 N–H and O–H groups in total. The average Bonchev–Trinajstić information content (AvgIpc) is 3.57. The number of nitrogens with one attached hydrogen (secondary N) is 1. The third-order valence-corrected chi connectivity index (χ3v) is 6.20. The first-order valence-corrected chi connectivity index (χ1v) is 11.6. The van der Waals surface area contributed by atoms with Crippen LogP contribution in [0.1, 0.15) is 10.4 Å². The van der Waals surface area contributed by atoms with Gasteiger partial charge in [-0.05, 0) is 30.3 Å². The molecule has 0 radical (unpaired) electrons. The minimum absolute atomic E-state index is 0.358. The summed E-state index contributed by atoms with van der Waals surface area (Å²) < 4.78 is 12.6. The van der Waals surface area contributed by atoms with Crippen molar-refractivity contribution in [3.05, 3.63) is 90.6 Å². The summed E-state index contributed by atoms with van der Waals surface area (Å²) in [4.78, 5) is 13.5. The topological polar surface area (TPSA) is 91.2 Å². The van der Waals surface area contributed by atoms with Crippen molar-refractivity contribution >= 4 is 22.4 Å². The Kier molecular flexibility index (Phi) is 6.23. The van der Waals surface area contributed by atoms with Crippen LogP contribution in [-0.2, 0) is 0 Å². The lowest BCUT2D eigenvalue weighted by Gasteiger charge is -2.10. The van der Waals surface area contributed by atoms with Crippen molar-refractivity contribution in [2.75, 3.05) is 19.5 Å². The van der Waals surface area contributed by atoms with Crippen LogP contribution in [0.2, 0.25) is 0 Å². The minimum atomic E-state index is -0.359. The van der Waals surface area contributed by atoms with Gasteiger partial charge in [0.15, 0.2) is 0 Å². The summed E-state index contributed by atoms with van der Waals surface area (Å²) >= 11 is 1.30. The van der Waals surface area contributed by atoms with Gasteiger partial charge in [0.1, 0.15) is 22.2 Å². The number of hydrogen-bond donors (Lipinski definition) is 1. The van der Waals surface area contributed by atoms with Crippen molar-refractivity contribution in [1.29, 1.82) is 0 Å². The number of benzene rings is 3. The summed E-state index contributed by atoms with van der Waals surface area (Å²) in [6.07, 6.45) is 1.69. The smallest absolute Gasteiger partial charge is 0.261 e. The van der Waals surface area contributed by atoms with E-state index in [1.807, 2.05) is 60.7 Å². The standard InChI is InChI=1S/C26H21N5O3S/c1-33-19-13-14-22(34-2)20(15-19)23-21(16-31(30-23)18-11-7-4-8-12-18)24(32)27-26-29-28-25(35-26)17-9-5-3-6-10-17/h3-16H,1-2H3,(H,27,29,32). The van der Waals surface area contributed by atoms with Crippen LogP contribution in [0, 0.1) is 0 Å². The highest BCUT2D eigenvalue weighted by Crippen LogP contribution is 2.35. The van der Waals surface area contributed by atoms with Gasteiger partial charge in [0.25, 0.3) is 5.91 Å². The zero-order valence-electron chi connectivity index (χ0n) is 19.0. The lowest BCUT2D eigenvalue weighted by molar-refractivity contribution is 0.102. The van der Waals surface area contributed by atoms with E-state index in [0.29, 0.717) is 33.5 Å². The van der Waals surface area contributed by atoms with Gasteiger partial charge in [0.05, 0.1) is 25.5 Å². The van der Waals surface area contributed by atoms with Crippen molar-refractivity contribution in [3.63, 3.8) is 0 Å². The summed E-state index contributed by atoms with van der Waals surface area (Å²) in [6.45, 7) is 0. The highest BCUT2D eigenvalue weighted by Gasteiger charge is 2.23. The van der Waals surface area contributed by atoms with Gasteiger partial charge < -0.3 is 9.47 Å². The number of rotatable bonds is 7. The summed E-state index contributed by atoms with van der Waals surface area (Å²) in [5.74, 6) is 0.835. The fourth-order valence-corrected chi connectivity index (χ4v) is 4.33. The molecule has 5 aromatic rings. The van der Waals surface area contributed by atoms with E-state index < -0.39 is 0 Å². The molecule has 0 spiro atoms. The molecule has 0 aliphatic heterocycles. The second-order valence-corrected chi connectivity index (χ2v) is 8.45. The number of carbonyl (C=O) groups excluding carboxylic acids is 1. The first-order chi connectivity index (χ1) is 17.2. The normalized spacial score (nSPS) is 10.7. The third-order valence-electron chi connectivity index (χ3n) is 5.31. The number of hydrogen-bond acceptors (Lipinski definition) is 7. The highest BCUT2D eigenvalue weighted by molar-refractivity contribution is 7.18. The molecule has 1 amide bonds. The van der Waals surface area contributed by atoms with Crippen molar-refractivity contribution in [1.82, 2.24) is 20.0 Å². The molecule has 2 aromatic heterocycles. The Morgan fingerprint density at radius 3 is 2.37 bits per heavy atom. The monoisotopic (exact) mass is 483 g/mol. The van der Waals surface area contributed by atoms with Crippen LogP contribution in [0.25, 0.3) is 27.5 Å². The van der Waals surface area contributed by atoms with E-state index in [1.54, 1.807) is 43.3 Å². The Balaban J connectivity index is 1.55.